The molecule has 4 heteroatoms. The van der Waals surface area contributed by atoms with Gasteiger partial charge in [0.05, 0.1) is 19.8 Å². The fourth-order valence-corrected chi connectivity index (χ4v) is 2.36. The monoisotopic (exact) mass is 243 g/mol. The molecule has 0 saturated carbocycles. The van der Waals surface area contributed by atoms with Gasteiger partial charge in [-0.1, -0.05) is 20.3 Å². The van der Waals surface area contributed by atoms with Gasteiger partial charge in [0.2, 0.25) is 0 Å². The number of carbonyl (C=O) groups excluding carboxylic acids is 1. The first-order chi connectivity index (χ1) is 8.24. The minimum absolute atomic E-state index is 0.0744. The van der Waals surface area contributed by atoms with Gasteiger partial charge in [0, 0.05) is 12.6 Å². The SMILES string of the molecule is CCCC(C(=O)OCC)N1CCOCC1CC. The first-order valence-corrected chi connectivity index (χ1v) is 6.74. The van der Waals surface area contributed by atoms with E-state index in [9.17, 15) is 4.79 Å². The summed E-state index contributed by atoms with van der Waals surface area (Å²) in [5.41, 5.74) is 0. The summed E-state index contributed by atoms with van der Waals surface area (Å²) in [5.74, 6) is -0.0744. The van der Waals surface area contributed by atoms with Crippen LogP contribution in [0.25, 0.3) is 0 Å². The molecular formula is C13H25NO3. The number of rotatable bonds is 6. The first kappa shape index (κ1) is 14.5. The van der Waals surface area contributed by atoms with Crippen LogP contribution in [-0.2, 0) is 14.3 Å². The smallest absolute Gasteiger partial charge is 0.323 e. The molecule has 1 rings (SSSR count). The highest BCUT2D eigenvalue weighted by atomic mass is 16.5. The minimum atomic E-state index is -0.0891. The second-order valence-electron chi connectivity index (χ2n) is 4.43. The molecule has 0 aromatic heterocycles. The quantitative estimate of drug-likeness (QED) is 0.667. The molecule has 1 aliphatic heterocycles. The third kappa shape index (κ3) is 3.96. The Morgan fingerprint density at radius 1 is 1.47 bits per heavy atom. The molecule has 0 bridgehead atoms. The van der Waals surface area contributed by atoms with Crippen LogP contribution in [0.15, 0.2) is 0 Å². The molecule has 2 atom stereocenters. The third-order valence-electron chi connectivity index (χ3n) is 3.27. The van der Waals surface area contributed by atoms with Crippen molar-refractivity contribution in [1.29, 1.82) is 0 Å². The molecule has 100 valence electrons. The summed E-state index contributed by atoms with van der Waals surface area (Å²) in [4.78, 5) is 14.3. The molecule has 1 heterocycles. The lowest BCUT2D eigenvalue weighted by Crippen LogP contribution is -2.53. The van der Waals surface area contributed by atoms with Crippen LogP contribution in [0.3, 0.4) is 0 Å². The molecule has 1 fully saturated rings. The molecule has 4 nitrogen and oxygen atoms in total. The number of morpholine rings is 1. The van der Waals surface area contributed by atoms with Crippen molar-refractivity contribution in [2.75, 3.05) is 26.4 Å². The number of nitrogens with zero attached hydrogens (tertiary/aromatic N) is 1. The Hall–Kier alpha value is -0.610. The highest BCUT2D eigenvalue weighted by Crippen LogP contribution is 2.18. The molecule has 1 saturated heterocycles. The van der Waals surface area contributed by atoms with Crippen LogP contribution >= 0.6 is 0 Å². The van der Waals surface area contributed by atoms with Crippen LogP contribution in [0.1, 0.15) is 40.0 Å². The van der Waals surface area contributed by atoms with E-state index in [1.54, 1.807) is 0 Å². The van der Waals surface area contributed by atoms with E-state index in [-0.39, 0.29) is 12.0 Å². The summed E-state index contributed by atoms with van der Waals surface area (Å²) in [6.45, 7) is 8.85. The Balaban J connectivity index is 2.69. The fraction of sp³-hybridized carbons (Fsp3) is 0.923. The van der Waals surface area contributed by atoms with Crippen molar-refractivity contribution >= 4 is 5.97 Å². The van der Waals surface area contributed by atoms with Gasteiger partial charge in [-0.3, -0.25) is 9.69 Å². The van der Waals surface area contributed by atoms with Gasteiger partial charge in [0.15, 0.2) is 0 Å². The van der Waals surface area contributed by atoms with Crippen LogP contribution in [0.2, 0.25) is 0 Å². The lowest BCUT2D eigenvalue weighted by Gasteiger charge is -2.39. The van der Waals surface area contributed by atoms with Crippen LogP contribution in [0.5, 0.6) is 0 Å². The molecule has 0 aromatic rings. The second kappa shape index (κ2) is 7.67. The summed E-state index contributed by atoms with van der Waals surface area (Å²) in [6.07, 6.45) is 2.88. The standard InChI is InChI=1S/C13H25NO3/c1-4-7-12(13(15)17-6-3)14-8-9-16-10-11(14)5-2/h11-12H,4-10H2,1-3H3. The van der Waals surface area contributed by atoms with Crippen LogP contribution in [0, 0.1) is 0 Å². The highest BCUT2D eigenvalue weighted by molar-refractivity contribution is 5.75. The van der Waals surface area contributed by atoms with Crippen LogP contribution in [-0.4, -0.2) is 49.3 Å². The van der Waals surface area contributed by atoms with Crippen molar-refractivity contribution in [3.63, 3.8) is 0 Å². The summed E-state index contributed by atoms with van der Waals surface area (Å²) in [5, 5.41) is 0. The molecule has 2 unspecified atom stereocenters. The van der Waals surface area contributed by atoms with E-state index in [0.717, 1.165) is 39.0 Å². The molecule has 1 aliphatic rings. The maximum Gasteiger partial charge on any atom is 0.323 e. The lowest BCUT2D eigenvalue weighted by molar-refractivity contribution is -0.154. The predicted octanol–water partition coefficient (Wildman–Crippen LogP) is 1.83. The van der Waals surface area contributed by atoms with E-state index in [1.165, 1.54) is 0 Å². The Morgan fingerprint density at radius 3 is 2.82 bits per heavy atom. The van der Waals surface area contributed by atoms with Crippen molar-refractivity contribution in [3.05, 3.63) is 0 Å². The Morgan fingerprint density at radius 2 is 2.24 bits per heavy atom. The number of ether oxygens (including phenoxy) is 2. The highest BCUT2D eigenvalue weighted by Gasteiger charge is 2.32. The van der Waals surface area contributed by atoms with E-state index < -0.39 is 0 Å². The number of carbonyl (C=O) groups is 1. The van der Waals surface area contributed by atoms with E-state index in [0.29, 0.717) is 12.6 Å². The molecule has 0 amide bonds. The van der Waals surface area contributed by atoms with Crippen LogP contribution < -0.4 is 0 Å². The second-order valence-corrected chi connectivity index (χ2v) is 4.43. The zero-order chi connectivity index (χ0) is 12.7. The summed E-state index contributed by atoms with van der Waals surface area (Å²) >= 11 is 0. The van der Waals surface area contributed by atoms with Gasteiger partial charge in [-0.25, -0.2) is 0 Å². The zero-order valence-electron chi connectivity index (χ0n) is 11.3. The predicted molar refractivity (Wildman–Crippen MR) is 66.9 cm³/mol. The van der Waals surface area contributed by atoms with Gasteiger partial charge in [-0.2, -0.15) is 0 Å². The summed E-state index contributed by atoms with van der Waals surface area (Å²) in [7, 11) is 0. The van der Waals surface area contributed by atoms with E-state index >= 15 is 0 Å². The summed E-state index contributed by atoms with van der Waals surface area (Å²) < 4.78 is 10.7. The molecule has 0 spiro atoms. The Labute approximate surface area is 104 Å². The van der Waals surface area contributed by atoms with Gasteiger partial charge < -0.3 is 9.47 Å². The number of hydrogen-bond acceptors (Lipinski definition) is 4. The number of esters is 1. The van der Waals surface area contributed by atoms with E-state index in [1.807, 2.05) is 6.92 Å². The maximum atomic E-state index is 12.0. The van der Waals surface area contributed by atoms with E-state index in [2.05, 4.69) is 18.7 Å². The molecule has 0 radical (unpaired) electrons. The van der Waals surface area contributed by atoms with Crippen molar-refractivity contribution in [1.82, 2.24) is 4.90 Å². The molecule has 0 aliphatic carbocycles. The van der Waals surface area contributed by atoms with E-state index in [4.69, 9.17) is 9.47 Å². The average Bonchev–Trinajstić information content (AvgIpc) is 2.36. The zero-order valence-corrected chi connectivity index (χ0v) is 11.3. The number of hydrogen-bond donors (Lipinski definition) is 0. The van der Waals surface area contributed by atoms with Crippen molar-refractivity contribution in [3.8, 4) is 0 Å². The van der Waals surface area contributed by atoms with Gasteiger partial charge in [0.1, 0.15) is 6.04 Å². The third-order valence-corrected chi connectivity index (χ3v) is 3.27. The van der Waals surface area contributed by atoms with Crippen LogP contribution in [0.4, 0.5) is 0 Å². The van der Waals surface area contributed by atoms with Gasteiger partial charge >= 0.3 is 5.97 Å². The minimum Gasteiger partial charge on any atom is -0.465 e. The molecule has 0 N–H and O–H groups in total. The molecular weight excluding hydrogens is 218 g/mol. The summed E-state index contributed by atoms with van der Waals surface area (Å²) in [6, 6.07) is 0.263. The lowest BCUT2D eigenvalue weighted by atomic mass is 10.1. The Bertz CT molecular complexity index is 233. The normalized spacial score (nSPS) is 23.4. The first-order valence-electron chi connectivity index (χ1n) is 6.74. The largest absolute Gasteiger partial charge is 0.465 e. The van der Waals surface area contributed by atoms with Gasteiger partial charge in [0.25, 0.3) is 0 Å². The maximum absolute atomic E-state index is 12.0. The van der Waals surface area contributed by atoms with Crippen molar-refractivity contribution in [2.45, 2.75) is 52.1 Å². The van der Waals surface area contributed by atoms with Crippen molar-refractivity contribution in [2.24, 2.45) is 0 Å². The van der Waals surface area contributed by atoms with Gasteiger partial charge in [-0.05, 0) is 19.8 Å². The fourth-order valence-electron chi connectivity index (χ4n) is 2.36. The molecule has 0 aromatic carbocycles. The topological polar surface area (TPSA) is 38.8 Å². The Kier molecular flexibility index (Phi) is 6.52. The van der Waals surface area contributed by atoms with Crippen molar-refractivity contribution < 1.29 is 14.3 Å². The van der Waals surface area contributed by atoms with Gasteiger partial charge in [-0.15, -0.1) is 0 Å². The molecule has 17 heavy (non-hydrogen) atoms. The average molecular weight is 243 g/mol.